The molecule has 0 aromatic carbocycles. The number of carbonyl (C=O) groups excluding carboxylic acids is 4. The summed E-state index contributed by atoms with van der Waals surface area (Å²) in [5.41, 5.74) is 5.48. The van der Waals surface area contributed by atoms with Gasteiger partial charge in [-0.1, -0.05) is 78.1 Å². The van der Waals surface area contributed by atoms with Crippen LogP contribution in [-0.2, 0) is 33.6 Å². The van der Waals surface area contributed by atoms with Crippen molar-refractivity contribution in [3.05, 3.63) is 0 Å². The van der Waals surface area contributed by atoms with Crippen LogP contribution in [0.2, 0.25) is 0 Å². The molecule has 0 fully saturated rings. The number of carboxylic acids is 3. The minimum Gasteiger partial charge on any atom is -0.480 e. The van der Waals surface area contributed by atoms with Gasteiger partial charge in [-0.15, -0.1) is 0 Å². The van der Waals surface area contributed by atoms with E-state index in [1.165, 1.54) is 51.9 Å². The van der Waals surface area contributed by atoms with Crippen LogP contribution in [0.5, 0.6) is 0 Å². The average molecular weight is 688 g/mol. The Labute approximate surface area is 282 Å². The van der Waals surface area contributed by atoms with Crippen molar-refractivity contribution >= 4 is 53.1 Å². The van der Waals surface area contributed by atoms with E-state index in [9.17, 15) is 38.7 Å². The molecule has 5 atom stereocenters. The number of rotatable bonds is 30. The number of nitrogens with one attached hydrogen (secondary N) is 2. The number of hydrogen-bond donors (Lipinski definition) is 6. The zero-order chi connectivity index (χ0) is 35.8. The molecule has 0 aliphatic heterocycles. The molecule has 0 aliphatic rings. The third kappa shape index (κ3) is 22.2. The second-order valence-electron chi connectivity index (χ2n) is 12.4. The summed E-state index contributed by atoms with van der Waals surface area (Å²) >= 11 is 1.02. The summed E-state index contributed by atoms with van der Waals surface area (Å²) in [5.74, 6) is -7.58. The van der Waals surface area contributed by atoms with Crippen LogP contribution in [0.25, 0.3) is 0 Å². The van der Waals surface area contributed by atoms with Gasteiger partial charge in [0.2, 0.25) is 11.8 Å². The fraction of sp³-hybridized carbons (Fsp3) is 0.788. The topological polar surface area (TPSA) is 230 Å². The van der Waals surface area contributed by atoms with Gasteiger partial charge in [0, 0.05) is 43.1 Å². The molecule has 270 valence electrons. The molecule has 13 nitrogen and oxygen atoms in total. The summed E-state index contributed by atoms with van der Waals surface area (Å²) in [5, 5.41) is 32.4. The van der Waals surface area contributed by atoms with Crippen molar-refractivity contribution in [2.24, 2.45) is 17.6 Å². The lowest BCUT2D eigenvalue weighted by molar-refractivity contribution is -0.143. The maximum absolute atomic E-state index is 12.7. The number of amides is 2. The molecule has 0 spiro atoms. The molecule has 7 N–H and O–H groups in total. The molecule has 2 amide bonds. The van der Waals surface area contributed by atoms with E-state index in [2.05, 4.69) is 17.6 Å². The fourth-order valence-corrected chi connectivity index (χ4v) is 5.89. The summed E-state index contributed by atoms with van der Waals surface area (Å²) in [6.45, 7) is 5.00. The van der Waals surface area contributed by atoms with Crippen LogP contribution in [0.3, 0.4) is 0 Å². The number of carbonyl (C=O) groups is 7. The molecule has 0 bridgehead atoms. The van der Waals surface area contributed by atoms with Crippen LogP contribution in [0, 0.1) is 11.8 Å². The van der Waals surface area contributed by atoms with Gasteiger partial charge in [-0.25, -0.2) is 4.79 Å². The first-order valence-electron chi connectivity index (χ1n) is 16.8. The lowest BCUT2D eigenvalue weighted by Crippen LogP contribution is -2.44. The van der Waals surface area contributed by atoms with Gasteiger partial charge in [-0.2, -0.15) is 11.8 Å². The Kier molecular flexibility index (Phi) is 24.4. The van der Waals surface area contributed by atoms with Gasteiger partial charge in [0.15, 0.2) is 0 Å². The first-order valence-corrected chi connectivity index (χ1v) is 18.0. The lowest BCUT2D eigenvalue weighted by Gasteiger charge is -2.20. The van der Waals surface area contributed by atoms with Gasteiger partial charge < -0.3 is 31.7 Å². The van der Waals surface area contributed by atoms with Crippen LogP contribution in [0.4, 0.5) is 0 Å². The van der Waals surface area contributed by atoms with Crippen molar-refractivity contribution in [2.45, 2.75) is 142 Å². The van der Waals surface area contributed by atoms with E-state index in [1.54, 1.807) is 6.92 Å². The minimum atomic E-state index is -1.39. The van der Waals surface area contributed by atoms with Gasteiger partial charge in [0.1, 0.15) is 29.7 Å². The SMILES string of the molecule is CCCCCCCCCCCCCC(=O)C[C@@H](C)C(=O)N[C@H](CCC(=O)C[C@H](CSC[C@H](N)C(=O)O)C(=O)N[C@H](C)C(=O)O)C(=O)O. The Hall–Kier alpha value is -3.00. The predicted octanol–water partition coefficient (Wildman–Crippen LogP) is 3.94. The highest BCUT2D eigenvalue weighted by molar-refractivity contribution is 7.99. The molecule has 0 saturated carbocycles. The quantitative estimate of drug-likeness (QED) is 0.0590. The zero-order valence-electron chi connectivity index (χ0n) is 28.3. The molecule has 0 aromatic rings. The predicted molar refractivity (Wildman–Crippen MR) is 180 cm³/mol. The maximum atomic E-state index is 12.7. The molecule has 0 aromatic heterocycles. The zero-order valence-corrected chi connectivity index (χ0v) is 29.1. The Balaban J connectivity index is 4.72. The molecule has 0 radical (unpaired) electrons. The Morgan fingerprint density at radius 2 is 1.17 bits per heavy atom. The Morgan fingerprint density at radius 1 is 0.638 bits per heavy atom. The van der Waals surface area contributed by atoms with Crippen molar-refractivity contribution in [2.75, 3.05) is 11.5 Å². The van der Waals surface area contributed by atoms with Crippen LogP contribution in [0.1, 0.15) is 124 Å². The second kappa shape index (κ2) is 26.0. The monoisotopic (exact) mass is 687 g/mol. The van der Waals surface area contributed by atoms with Gasteiger partial charge in [-0.3, -0.25) is 28.8 Å². The molecule has 14 heteroatoms. The number of unbranched alkanes of at least 4 members (excludes halogenated alkanes) is 10. The minimum absolute atomic E-state index is 0.0103. The van der Waals surface area contributed by atoms with E-state index < -0.39 is 65.5 Å². The largest absolute Gasteiger partial charge is 0.480 e. The highest BCUT2D eigenvalue weighted by Gasteiger charge is 2.28. The van der Waals surface area contributed by atoms with E-state index in [0.29, 0.717) is 6.42 Å². The number of nitrogens with two attached hydrogens (primary N) is 1. The lowest BCUT2D eigenvalue weighted by atomic mass is 9.97. The molecular weight excluding hydrogens is 630 g/mol. The molecular formula is C33H57N3O10S. The van der Waals surface area contributed by atoms with E-state index >= 15 is 0 Å². The number of ketones is 2. The molecule has 47 heavy (non-hydrogen) atoms. The smallest absolute Gasteiger partial charge is 0.326 e. The first kappa shape index (κ1) is 44.0. The average Bonchev–Trinajstić information content (AvgIpc) is 3.00. The van der Waals surface area contributed by atoms with E-state index in [4.69, 9.17) is 15.9 Å². The molecule has 0 saturated heterocycles. The highest BCUT2D eigenvalue weighted by atomic mass is 32.2. The first-order chi connectivity index (χ1) is 22.2. The number of thioether (sulfide) groups is 1. The summed E-state index contributed by atoms with van der Waals surface area (Å²) in [7, 11) is 0. The number of carboxylic acid groups (broad SMARTS) is 3. The van der Waals surface area contributed by atoms with E-state index in [-0.39, 0.29) is 43.0 Å². The van der Waals surface area contributed by atoms with Crippen LogP contribution < -0.4 is 16.4 Å². The third-order valence-electron chi connectivity index (χ3n) is 7.87. The summed E-state index contributed by atoms with van der Waals surface area (Å²) in [6.07, 6.45) is 12.3. The highest BCUT2D eigenvalue weighted by Crippen LogP contribution is 2.18. The summed E-state index contributed by atoms with van der Waals surface area (Å²) < 4.78 is 0. The van der Waals surface area contributed by atoms with E-state index in [0.717, 1.165) is 37.4 Å². The number of aliphatic carboxylic acids is 3. The normalized spacial score (nSPS) is 14.3. The summed E-state index contributed by atoms with van der Waals surface area (Å²) in [4.78, 5) is 84.4. The van der Waals surface area contributed by atoms with Gasteiger partial charge in [0.25, 0.3) is 0 Å². The van der Waals surface area contributed by atoms with Crippen molar-refractivity contribution in [1.82, 2.24) is 10.6 Å². The van der Waals surface area contributed by atoms with Crippen LogP contribution in [0.15, 0.2) is 0 Å². The number of Topliss-reactive ketones (excluding diaryl/α,β-unsaturated/α-hetero) is 2. The number of hydrogen-bond acceptors (Lipinski definition) is 9. The van der Waals surface area contributed by atoms with Gasteiger partial charge in [-0.05, 0) is 19.8 Å². The molecule has 0 heterocycles. The van der Waals surface area contributed by atoms with Crippen LogP contribution >= 0.6 is 11.8 Å². The van der Waals surface area contributed by atoms with Crippen molar-refractivity contribution in [1.29, 1.82) is 0 Å². The standard InChI is InChI=1S/C33H57N3O10S/c1-4-5-6-7-8-9-10-11-12-13-14-15-25(37)18-22(2)29(39)36-28(33(45)46)17-16-26(38)19-24(20-47-21-27(34)32(43)44)30(40)35-23(3)31(41)42/h22-24,27-28H,4-21,34H2,1-3H3,(H,35,40)(H,36,39)(H,41,42)(H,43,44)(H,45,46)/t22-,23-,24-,27+,28-/m1/s1. The molecule has 0 rings (SSSR count). The van der Waals surface area contributed by atoms with Crippen LogP contribution in [-0.4, -0.2) is 86.2 Å². The van der Waals surface area contributed by atoms with Crippen molar-refractivity contribution in [3.63, 3.8) is 0 Å². The summed E-state index contributed by atoms with van der Waals surface area (Å²) in [6, 6.07) is -3.82. The van der Waals surface area contributed by atoms with Crippen molar-refractivity contribution < 1.29 is 48.9 Å². The Morgan fingerprint density at radius 3 is 1.68 bits per heavy atom. The Bertz CT molecular complexity index is 1010. The maximum Gasteiger partial charge on any atom is 0.326 e. The molecule has 0 unspecified atom stereocenters. The van der Waals surface area contributed by atoms with Gasteiger partial charge >= 0.3 is 17.9 Å². The molecule has 0 aliphatic carbocycles. The fourth-order valence-electron chi connectivity index (χ4n) is 4.81. The second-order valence-corrected chi connectivity index (χ2v) is 13.4. The van der Waals surface area contributed by atoms with E-state index in [1.807, 2.05) is 0 Å². The van der Waals surface area contributed by atoms with Gasteiger partial charge in [0.05, 0.1) is 5.92 Å². The van der Waals surface area contributed by atoms with Crippen molar-refractivity contribution in [3.8, 4) is 0 Å². The third-order valence-corrected chi connectivity index (χ3v) is 9.11.